The molecule has 7 heteroatoms. The maximum Gasteiger partial charge on any atom is 0.335 e. The van der Waals surface area contributed by atoms with Gasteiger partial charge in [0.15, 0.2) is 16.5 Å². The highest BCUT2D eigenvalue weighted by Gasteiger charge is 2.18. The van der Waals surface area contributed by atoms with E-state index in [1.54, 1.807) is 0 Å². The lowest BCUT2D eigenvalue weighted by Crippen LogP contribution is -2.05. The van der Waals surface area contributed by atoms with E-state index in [2.05, 4.69) is 0 Å². The highest BCUT2D eigenvalue weighted by atomic mass is 32.2. The molecule has 6 nitrogen and oxygen atoms in total. The first kappa shape index (κ1) is 11.6. The van der Waals surface area contributed by atoms with E-state index in [4.69, 9.17) is 14.8 Å². The topological polar surface area (TPSA) is 115 Å². The van der Waals surface area contributed by atoms with Crippen molar-refractivity contribution >= 4 is 17.0 Å². The van der Waals surface area contributed by atoms with Crippen LogP contribution in [0, 0.1) is 0 Å². The molecule has 1 rings (SSSR count). The predicted octanol–water partition coefficient (Wildman–Crippen LogP) is 0.303. The van der Waals surface area contributed by atoms with E-state index < -0.39 is 28.2 Å². The zero-order valence-electron chi connectivity index (χ0n) is 7.32. The van der Waals surface area contributed by atoms with Gasteiger partial charge in [-0.3, -0.25) is 0 Å². The number of phenolic OH excluding ortho intramolecular Hbond substituents is 1. The molecule has 0 aromatic heterocycles. The van der Waals surface area contributed by atoms with Gasteiger partial charge in [-0.05, 0) is 12.1 Å². The number of carboxylic acid groups (broad SMARTS) is 1. The molecule has 4 N–H and O–H groups in total. The van der Waals surface area contributed by atoms with Gasteiger partial charge in [0.2, 0.25) is 0 Å². The maximum absolute atomic E-state index is 10.5. The summed E-state index contributed by atoms with van der Waals surface area (Å²) in [5.41, 5.74) is -2.12. The van der Waals surface area contributed by atoms with Gasteiger partial charge in [0, 0.05) is 5.56 Å². The van der Waals surface area contributed by atoms with Crippen molar-refractivity contribution in [3.8, 4) is 5.75 Å². The summed E-state index contributed by atoms with van der Waals surface area (Å²) in [7, 11) is 0. The Morgan fingerprint density at radius 2 is 2.00 bits per heavy atom. The summed E-state index contributed by atoms with van der Waals surface area (Å²) < 4.78 is 19.1. The van der Waals surface area contributed by atoms with Crippen LogP contribution in [0.25, 0.3) is 0 Å². The average molecular weight is 232 g/mol. The largest absolute Gasteiger partial charge is 0.508 e. The Bertz CT molecular complexity index is 416. The van der Waals surface area contributed by atoms with E-state index in [9.17, 15) is 14.1 Å². The fraction of sp³-hybridized carbons (Fsp3) is 0.125. The third-order valence-corrected chi connectivity index (χ3v) is 2.37. The first-order chi connectivity index (χ1) is 6.93. The molecule has 15 heavy (non-hydrogen) atoms. The number of aromatic carboxylic acids is 1. The van der Waals surface area contributed by atoms with Crippen molar-refractivity contribution < 1.29 is 28.9 Å². The first-order valence-electron chi connectivity index (χ1n) is 3.77. The van der Waals surface area contributed by atoms with Crippen LogP contribution in [0.2, 0.25) is 0 Å². The van der Waals surface area contributed by atoms with Gasteiger partial charge < -0.3 is 19.9 Å². The van der Waals surface area contributed by atoms with Gasteiger partial charge in [0.1, 0.15) is 5.75 Å². The van der Waals surface area contributed by atoms with Crippen LogP contribution in [0.4, 0.5) is 0 Å². The lowest BCUT2D eigenvalue weighted by atomic mass is 10.1. The van der Waals surface area contributed by atoms with E-state index in [1.807, 2.05) is 0 Å². The summed E-state index contributed by atoms with van der Waals surface area (Å²) in [5, 5.41) is 27.0. The van der Waals surface area contributed by atoms with E-state index in [1.165, 1.54) is 0 Å². The molecule has 0 bridgehead atoms. The fourth-order valence-electron chi connectivity index (χ4n) is 0.994. The highest BCUT2D eigenvalue weighted by Crippen LogP contribution is 2.26. The van der Waals surface area contributed by atoms with E-state index >= 15 is 0 Å². The van der Waals surface area contributed by atoms with Gasteiger partial charge in [-0.15, -0.1) is 0 Å². The third-order valence-electron chi connectivity index (χ3n) is 1.73. The molecule has 2 atom stereocenters. The van der Waals surface area contributed by atoms with Crippen LogP contribution >= 0.6 is 0 Å². The molecule has 82 valence electrons. The summed E-state index contributed by atoms with van der Waals surface area (Å²) in [4.78, 5) is 10.5. The Balaban J connectivity index is 3.13. The molecule has 0 fully saturated rings. The average Bonchev–Trinajstić information content (AvgIpc) is 2.16. The Morgan fingerprint density at radius 1 is 1.40 bits per heavy atom. The van der Waals surface area contributed by atoms with Gasteiger partial charge in [-0.2, -0.15) is 0 Å². The van der Waals surface area contributed by atoms with Gasteiger partial charge in [0.05, 0.1) is 5.56 Å². The van der Waals surface area contributed by atoms with Crippen molar-refractivity contribution in [3.05, 3.63) is 29.3 Å². The molecule has 0 heterocycles. The van der Waals surface area contributed by atoms with Crippen molar-refractivity contribution in [1.82, 2.24) is 0 Å². The number of aliphatic hydroxyl groups excluding tert-OH is 1. The van der Waals surface area contributed by atoms with Crippen molar-refractivity contribution in [1.29, 1.82) is 0 Å². The van der Waals surface area contributed by atoms with Gasteiger partial charge in [0.25, 0.3) is 0 Å². The molecule has 0 saturated carbocycles. The molecule has 2 unspecified atom stereocenters. The zero-order chi connectivity index (χ0) is 11.6. The van der Waals surface area contributed by atoms with Crippen LogP contribution in [0.15, 0.2) is 18.2 Å². The molecular weight excluding hydrogens is 224 g/mol. The number of rotatable bonds is 3. The third kappa shape index (κ3) is 2.52. The maximum atomic E-state index is 10.5. The molecule has 0 amide bonds. The molecule has 1 aromatic carbocycles. The molecular formula is C8H8O6S. The SMILES string of the molecule is O=C(O)c1ccc(C(O)S(=O)O)c(O)c1. The van der Waals surface area contributed by atoms with E-state index in [0.717, 1.165) is 18.2 Å². The molecule has 1 aromatic rings. The summed E-state index contributed by atoms with van der Waals surface area (Å²) in [5.74, 6) is -1.78. The highest BCUT2D eigenvalue weighted by molar-refractivity contribution is 7.79. The first-order valence-corrected chi connectivity index (χ1v) is 4.94. The minimum absolute atomic E-state index is 0.174. The second kappa shape index (κ2) is 4.39. The number of aliphatic hydroxyl groups is 1. The number of phenols is 1. The minimum atomic E-state index is -2.54. The van der Waals surface area contributed by atoms with Crippen molar-refractivity contribution in [2.45, 2.75) is 5.44 Å². The summed E-state index contributed by atoms with van der Waals surface area (Å²) >= 11 is -2.54. The van der Waals surface area contributed by atoms with Gasteiger partial charge in [-0.25, -0.2) is 9.00 Å². The quantitative estimate of drug-likeness (QED) is 0.557. The smallest absolute Gasteiger partial charge is 0.335 e. The van der Waals surface area contributed by atoms with Crippen LogP contribution in [-0.4, -0.2) is 30.1 Å². The number of hydrogen-bond acceptors (Lipinski definition) is 4. The van der Waals surface area contributed by atoms with Crippen molar-refractivity contribution in [2.75, 3.05) is 0 Å². The Hall–Kier alpha value is -1.44. The molecule has 0 radical (unpaired) electrons. The molecule has 0 aliphatic carbocycles. The lowest BCUT2D eigenvalue weighted by molar-refractivity contribution is 0.0696. The van der Waals surface area contributed by atoms with Crippen LogP contribution in [0.3, 0.4) is 0 Å². The minimum Gasteiger partial charge on any atom is -0.508 e. The second-order valence-corrected chi connectivity index (χ2v) is 3.71. The molecule has 0 spiro atoms. The number of carbonyl (C=O) groups is 1. The zero-order valence-corrected chi connectivity index (χ0v) is 8.14. The van der Waals surface area contributed by atoms with Gasteiger partial charge >= 0.3 is 5.97 Å². The van der Waals surface area contributed by atoms with Crippen LogP contribution in [0.5, 0.6) is 5.75 Å². The number of aromatic hydroxyl groups is 1. The predicted molar refractivity (Wildman–Crippen MR) is 50.8 cm³/mol. The van der Waals surface area contributed by atoms with Crippen molar-refractivity contribution in [2.24, 2.45) is 0 Å². The number of carboxylic acids is 1. The lowest BCUT2D eigenvalue weighted by Gasteiger charge is -2.08. The molecule has 0 saturated heterocycles. The van der Waals surface area contributed by atoms with E-state index in [0.29, 0.717) is 0 Å². The fourth-order valence-corrected chi connectivity index (χ4v) is 1.41. The summed E-state index contributed by atoms with van der Waals surface area (Å²) in [6.07, 6.45) is 0. The van der Waals surface area contributed by atoms with Crippen LogP contribution < -0.4 is 0 Å². The standard InChI is InChI=1S/C8H8O6S/c9-6-3-4(7(10)11)1-2-5(6)8(12)15(13)14/h1-3,8-9,12H,(H,10,11)(H,13,14). The monoisotopic (exact) mass is 232 g/mol. The van der Waals surface area contributed by atoms with Gasteiger partial charge in [-0.1, -0.05) is 6.07 Å². The second-order valence-electron chi connectivity index (χ2n) is 2.71. The van der Waals surface area contributed by atoms with Crippen LogP contribution in [0.1, 0.15) is 21.4 Å². The molecule has 0 aliphatic rings. The Morgan fingerprint density at radius 3 is 2.40 bits per heavy atom. The molecule has 0 aliphatic heterocycles. The van der Waals surface area contributed by atoms with E-state index in [-0.39, 0.29) is 11.1 Å². The van der Waals surface area contributed by atoms with Crippen molar-refractivity contribution in [3.63, 3.8) is 0 Å². The number of hydrogen-bond donors (Lipinski definition) is 4. The van der Waals surface area contributed by atoms with Crippen LogP contribution in [-0.2, 0) is 11.1 Å². The summed E-state index contributed by atoms with van der Waals surface area (Å²) in [6.45, 7) is 0. The normalized spacial score (nSPS) is 14.5. The Labute approximate surface area is 87.1 Å². The number of benzene rings is 1. The Kier molecular flexibility index (Phi) is 3.40. The summed E-state index contributed by atoms with van der Waals surface area (Å²) in [6, 6.07) is 3.10.